The predicted molar refractivity (Wildman–Crippen MR) is 239 cm³/mol. The molecule has 1 aliphatic heterocycles. The number of epoxide rings is 1. The van der Waals surface area contributed by atoms with E-state index < -0.39 is 75.7 Å². The maximum Gasteiger partial charge on any atom is 0.472 e. The van der Waals surface area contributed by atoms with Gasteiger partial charge in [-0.2, -0.15) is 0 Å². The fourth-order valence-electron chi connectivity index (χ4n) is 7.43. The number of phosphoric acid groups is 1. The number of carbonyl (C=O) groups excluding carboxylic acids is 2. The van der Waals surface area contributed by atoms with Crippen molar-refractivity contribution in [2.24, 2.45) is 0 Å². The van der Waals surface area contributed by atoms with E-state index in [9.17, 15) is 44.6 Å². The van der Waals surface area contributed by atoms with Gasteiger partial charge in [0.2, 0.25) is 0 Å². The van der Waals surface area contributed by atoms with Gasteiger partial charge in [-0.25, -0.2) is 4.57 Å². The van der Waals surface area contributed by atoms with Crippen molar-refractivity contribution in [2.75, 3.05) is 13.2 Å². The fraction of sp³-hybridized carbons (Fsp3) is 0.830. The molecule has 0 aromatic rings. The average Bonchev–Trinajstić information content (AvgIpc) is 4.01. The molecule has 0 radical (unpaired) electrons. The average molecular weight is 903 g/mol. The monoisotopic (exact) mass is 903 g/mol. The van der Waals surface area contributed by atoms with Gasteiger partial charge in [-0.3, -0.25) is 18.6 Å². The Kier molecular flexibility index (Phi) is 31.1. The Labute approximate surface area is 372 Å². The molecule has 360 valence electrons. The first-order chi connectivity index (χ1) is 29.9. The highest BCUT2D eigenvalue weighted by atomic mass is 31.2. The van der Waals surface area contributed by atoms with Crippen LogP contribution in [0, 0.1) is 0 Å². The van der Waals surface area contributed by atoms with Crippen molar-refractivity contribution in [3.8, 4) is 0 Å². The molecule has 6 N–H and O–H groups in total. The van der Waals surface area contributed by atoms with Gasteiger partial charge in [-0.15, -0.1) is 0 Å². The number of ether oxygens (including phenoxy) is 3. The molecule has 1 aliphatic carbocycles. The number of allylic oxidation sites excluding steroid dienone is 5. The van der Waals surface area contributed by atoms with E-state index in [1.165, 1.54) is 89.9 Å². The van der Waals surface area contributed by atoms with Gasteiger partial charge in [-0.1, -0.05) is 159 Å². The summed E-state index contributed by atoms with van der Waals surface area (Å²) >= 11 is 0. The van der Waals surface area contributed by atoms with Crippen LogP contribution < -0.4 is 0 Å². The minimum absolute atomic E-state index is 0.0184. The highest BCUT2D eigenvalue weighted by Gasteiger charge is 2.51. The SMILES string of the molecule is CCCCCCCCCCCCCCCCCC(=O)OC[C@H](COP(=O)(O)OC1[C@H](O)[C@H](O)C(O)[C@H](O)[C@H]1O)OC(=O)CCC/C=C\C/C=C\C/C=C\CC1OC1CCCCC. The Morgan fingerprint density at radius 1 is 0.581 bits per heavy atom. The van der Waals surface area contributed by atoms with E-state index in [4.69, 9.17) is 23.3 Å². The van der Waals surface area contributed by atoms with Crippen molar-refractivity contribution in [3.63, 3.8) is 0 Å². The Morgan fingerprint density at radius 2 is 1.06 bits per heavy atom. The van der Waals surface area contributed by atoms with Crippen LogP contribution in [0.25, 0.3) is 0 Å². The molecule has 1 saturated carbocycles. The van der Waals surface area contributed by atoms with Gasteiger partial charge in [0.05, 0.1) is 18.8 Å². The number of unbranched alkanes of at least 4 members (excludes halogenated alkanes) is 17. The molecule has 0 aromatic carbocycles. The van der Waals surface area contributed by atoms with Gasteiger partial charge >= 0.3 is 19.8 Å². The van der Waals surface area contributed by atoms with E-state index in [0.717, 1.165) is 44.9 Å². The summed E-state index contributed by atoms with van der Waals surface area (Å²) in [5, 5.41) is 50.2. The van der Waals surface area contributed by atoms with Crippen LogP contribution in [0.2, 0.25) is 0 Å². The van der Waals surface area contributed by atoms with Crippen LogP contribution in [-0.4, -0.2) is 111 Å². The number of phosphoric ester groups is 1. The zero-order chi connectivity index (χ0) is 45.4. The van der Waals surface area contributed by atoms with Crippen LogP contribution in [-0.2, 0) is 37.4 Å². The maximum atomic E-state index is 12.8. The van der Waals surface area contributed by atoms with Crippen LogP contribution >= 0.6 is 7.82 Å². The van der Waals surface area contributed by atoms with E-state index >= 15 is 0 Å². The molecule has 0 bridgehead atoms. The molecular weight excluding hydrogens is 819 g/mol. The number of hydrogen-bond acceptors (Lipinski definition) is 13. The highest BCUT2D eigenvalue weighted by Crippen LogP contribution is 2.47. The normalized spacial score (nSPS) is 25.4. The number of carbonyl (C=O) groups is 2. The number of aliphatic hydroxyl groups excluding tert-OH is 5. The number of rotatable bonds is 38. The van der Waals surface area contributed by atoms with E-state index in [-0.39, 0.29) is 12.8 Å². The zero-order valence-electron chi connectivity index (χ0n) is 37.9. The van der Waals surface area contributed by atoms with Gasteiger partial charge in [0.1, 0.15) is 43.2 Å². The molecule has 14 nitrogen and oxygen atoms in total. The second kappa shape index (κ2) is 34.4. The lowest BCUT2D eigenvalue weighted by molar-refractivity contribution is -0.220. The number of esters is 2. The molecule has 15 heteroatoms. The standard InChI is InChI=1S/C47H83O14P/c1-3-5-7-8-9-10-11-12-13-14-15-19-22-25-29-33-40(48)57-35-37(36-58-62(55,56)61-47-45(53)43(51)42(50)44(52)46(47)54)59-41(49)34-30-26-23-20-17-16-18-21-24-28-32-39-38(60-39)31-27-6-4-2/h16,18,20,23-24,28,37-39,42-47,50-54H,3-15,17,19,21-22,25-27,29-36H2,1-2H3,(H,55,56)/b18-16-,23-20-,28-24-/t37-,38?,39?,42?,43-,44+,45-,46-,47?/m1/s1. The molecule has 1 saturated heterocycles. The Morgan fingerprint density at radius 3 is 1.65 bits per heavy atom. The first kappa shape index (κ1) is 56.2. The van der Waals surface area contributed by atoms with Gasteiger partial charge in [0.25, 0.3) is 0 Å². The minimum Gasteiger partial charge on any atom is -0.462 e. The van der Waals surface area contributed by atoms with Crippen LogP contribution in [0.3, 0.4) is 0 Å². The summed E-state index contributed by atoms with van der Waals surface area (Å²) in [5.74, 6) is -1.17. The molecule has 0 amide bonds. The number of hydrogen-bond donors (Lipinski definition) is 6. The Hall–Kier alpha value is -1.97. The molecule has 10 atom stereocenters. The molecular formula is C47H83O14P. The lowest BCUT2D eigenvalue weighted by atomic mass is 9.85. The minimum atomic E-state index is -5.14. The summed E-state index contributed by atoms with van der Waals surface area (Å²) in [5.41, 5.74) is 0. The Bertz CT molecular complexity index is 1290. The van der Waals surface area contributed by atoms with E-state index in [0.29, 0.717) is 31.5 Å². The third kappa shape index (κ3) is 26.1. The van der Waals surface area contributed by atoms with E-state index in [1.54, 1.807) is 0 Å². The molecule has 62 heavy (non-hydrogen) atoms. The smallest absolute Gasteiger partial charge is 0.462 e. The summed E-state index contributed by atoms with van der Waals surface area (Å²) < 4.78 is 39.2. The molecule has 2 fully saturated rings. The lowest BCUT2D eigenvalue weighted by Gasteiger charge is -2.41. The van der Waals surface area contributed by atoms with Crippen LogP contribution in [0.15, 0.2) is 36.5 Å². The van der Waals surface area contributed by atoms with Crippen LogP contribution in [0.5, 0.6) is 0 Å². The van der Waals surface area contributed by atoms with Crippen molar-refractivity contribution in [2.45, 2.75) is 236 Å². The number of aliphatic hydroxyl groups is 5. The third-order valence-electron chi connectivity index (χ3n) is 11.4. The van der Waals surface area contributed by atoms with Crippen molar-refractivity contribution >= 4 is 19.8 Å². The summed E-state index contributed by atoms with van der Waals surface area (Å²) in [6.45, 7) is 3.23. The first-order valence-corrected chi connectivity index (χ1v) is 25.4. The summed E-state index contributed by atoms with van der Waals surface area (Å²) in [7, 11) is -5.14. The molecule has 2 aliphatic rings. The highest BCUT2D eigenvalue weighted by molar-refractivity contribution is 7.47. The van der Waals surface area contributed by atoms with Gasteiger partial charge in [0.15, 0.2) is 6.10 Å². The van der Waals surface area contributed by atoms with Gasteiger partial charge in [-0.05, 0) is 44.9 Å². The van der Waals surface area contributed by atoms with E-state index in [2.05, 4.69) is 38.2 Å². The first-order valence-electron chi connectivity index (χ1n) is 23.9. The van der Waals surface area contributed by atoms with Crippen molar-refractivity contribution in [1.82, 2.24) is 0 Å². The van der Waals surface area contributed by atoms with Crippen molar-refractivity contribution in [3.05, 3.63) is 36.5 Å². The summed E-state index contributed by atoms with van der Waals surface area (Å²) in [4.78, 5) is 35.7. The largest absolute Gasteiger partial charge is 0.472 e. The Balaban J connectivity index is 1.72. The quantitative estimate of drug-likeness (QED) is 0.0113. The summed E-state index contributed by atoms with van der Waals surface area (Å²) in [6, 6.07) is 0. The lowest BCUT2D eigenvalue weighted by Crippen LogP contribution is -2.64. The summed E-state index contributed by atoms with van der Waals surface area (Å²) in [6.07, 6.45) is 26.6. The topological polar surface area (TPSA) is 222 Å². The molecule has 2 rings (SSSR count). The zero-order valence-corrected chi connectivity index (χ0v) is 38.8. The predicted octanol–water partition coefficient (Wildman–Crippen LogP) is 8.38. The molecule has 1 heterocycles. The van der Waals surface area contributed by atoms with Crippen molar-refractivity contribution in [1.29, 1.82) is 0 Å². The van der Waals surface area contributed by atoms with Crippen LogP contribution in [0.4, 0.5) is 0 Å². The third-order valence-corrected chi connectivity index (χ3v) is 12.4. The fourth-order valence-corrected chi connectivity index (χ4v) is 8.41. The van der Waals surface area contributed by atoms with Gasteiger partial charge in [0, 0.05) is 12.8 Å². The van der Waals surface area contributed by atoms with E-state index in [1.807, 2.05) is 12.2 Å². The van der Waals surface area contributed by atoms with Crippen molar-refractivity contribution < 1.29 is 67.8 Å². The molecule has 0 spiro atoms. The second-order valence-corrected chi connectivity index (χ2v) is 18.4. The van der Waals surface area contributed by atoms with Gasteiger partial charge < -0.3 is 44.6 Å². The molecule has 0 aromatic heterocycles. The molecule has 5 unspecified atom stereocenters. The maximum absolute atomic E-state index is 12.8. The second-order valence-electron chi connectivity index (χ2n) is 17.0. The van der Waals surface area contributed by atoms with Crippen LogP contribution in [0.1, 0.15) is 181 Å².